The summed E-state index contributed by atoms with van der Waals surface area (Å²) in [5.74, 6) is 0.632. The second-order valence-electron chi connectivity index (χ2n) is 11.2. The zero-order valence-corrected chi connectivity index (χ0v) is 21.0. The Labute approximate surface area is 202 Å². The molecule has 2 amide bonds. The number of nitrogens with zero attached hydrogens (tertiary/aromatic N) is 3. The molecule has 0 radical (unpaired) electrons. The van der Waals surface area contributed by atoms with Gasteiger partial charge in [0.2, 0.25) is 5.91 Å². The Morgan fingerprint density at radius 2 is 1.94 bits per heavy atom. The van der Waals surface area contributed by atoms with Crippen molar-refractivity contribution in [1.82, 2.24) is 19.7 Å². The normalized spacial score (nSPS) is 30.5. The van der Waals surface area contributed by atoms with E-state index in [-0.39, 0.29) is 17.9 Å². The zero-order chi connectivity index (χ0) is 23.9. The van der Waals surface area contributed by atoms with Crippen LogP contribution < -0.4 is 5.32 Å². The summed E-state index contributed by atoms with van der Waals surface area (Å²) in [6.45, 7) is 9.67. The molecule has 0 spiro atoms. The van der Waals surface area contributed by atoms with Gasteiger partial charge in [0.15, 0.2) is 5.58 Å². The highest BCUT2D eigenvalue weighted by Crippen LogP contribution is 2.34. The van der Waals surface area contributed by atoms with E-state index in [0.717, 1.165) is 56.6 Å². The molecule has 0 aromatic carbocycles. The van der Waals surface area contributed by atoms with Crippen LogP contribution in [0.1, 0.15) is 82.6 Å². The van der Waals surface area contributed by atoms with E-state index >= 15 is 0 Å². The first kappa shape index (κ1) is 23.5. The first-order valence-electron chi connectivity index (χ1n) is 13.3. The molecule has 0 bridgehead atoms. The van der Waals surface area contributed by atoms with Crippen molar-refractivity contribution in [3.05, 3.63) is 24.1 Å². The van der Waals surface area contributed by atoms with Gasteiger partial charge in [-0.1, -0.05) is 13.3 Å². The number of piperidine rings is 1. The lowest BCUT2D eigenvalue weighted by Gasteiger charge is -2.45. The van der Waals surface area contributed by atoms with Crippen LogP contribution in [0.2, 0.25) is 0 Å². The SMILES string of the molecule is CC1CCC(NC(=O)[C@]2(C)Cn3c(cc4occc43)C(=O)N2CCCN2CCCC[C@@H]2C)CC1. The Morgan fingerprint density at radius 3 is 2.71 bits per heavy atom. The van der Waals surface area contributed by atoms with Crippen LogP contribution in [0.4, 0.5) is 0 Å². The summed E-state index contributed by atoms with van der Waals surface area (Å²) < 4.78 is 7.57. The summed E-state index contributed by atoms with van der Waals surface area (Å²) in [4.78, 5) is 31.9. The second-order valence-corrected chi connectivity index (χ2v) is 11.2. The molecule has 2 atom stereocenters. The number of hydrogen-bond donors (Lipinski definition) is 1. The van der Waals surface area contributed by atoms with E-state index in [2.05, 4.69) is 24.1 Å². The molecule has 2 aromatic heterocycles. The molecule has 2 aliphatic heterocycles. The van der Waals surface area contributed by atoms with E-state index in [1.165, 1.54) is 19.3 Å². The quantitative estimate of drug-likeness (QED) is 0.682. The van der Waals surface area contributed by atoms with Gasteiger partial charge < -0.3 is 24.1 Å². The van der Waals surface area contributed by atoms with E-state index in [1.54, 1.807) is 6.26 Å². The highest BCUT2D eigenvalue weighted by Gasteiger charge is 2.48. The Hall–Kier alpha value is -2.28. The summed E-state index contributed by atoms with van der Waals surface area (Å²) in [5, 5.41) is 3.33. The molecule has 5 rings (SSSR count). The minimum Gasteiger partial charge on any atom is -0.463 e. The Bertz CT molecular complexity index is 1030. The number of furan rings is 1. The lowest BCUT2D eigenvalue weighted by atomic mass is 9.86. The summed E-state index contributed by atoms with van der Waals surface area (Å²) >= 11 is 0. The van der Waals surface area contributed by atoms with Gasteiger partial charge in [-0.05, 0) is 71.3 Å². The van der Waals surface area contributed by atoms with Crippen LogP contribution in [0.5, 0.6) is 0 Å². The Balaban J connectivity index is 1.37. The lowest BCUT2D eigenvalue weighted by Crippen LogP contribution is -2.65. The lowest BCUT2D eigenvalue weighted by molar-refractivity contribution is -0.133. The van der Waals surface area contributed by atoms with Crippen molar-refractivity contribution >= 4 is 22.9 Å². The molecule has 3 aliphatic rings. The number of hydrogen-bond acceptors (Lipinski definition) is 4. The fourth-order valence-corrected chi connectivity index (χ4v) is 6.29. The maximum absolute atomic E-state index is 13.8. The largest absolute Gasteiger partial charge is 0.463 e. The summed E-state index contributed by atoms with van der Waals surface area (Å²) in [7, 11) is 0. The third kappa shape index (κ3) is 4.28. The van der Waals surface area contributed by atoms with Crippen molar-refractivity contribution in [3.63, 3.8) is 0 Å². The van der Waals surface area contributed by atoms with Crippen LogP contribution in [0.15, 0.2) is 22.8 Å². The van der Waals surface area contributed by atoms with Crippen LogP contribution in [0.3, 0.4) is 0 Å². The van der Waals surface area contributed by atoms with Crippen LogP contribution >= 0.6 is 0 Å². The fourth-order valence-electron chi connectivity index (χ4n) is 6.29. The van der Waals surface area contributed by atoms with Gasteiger partial charge in [0.25, 0.3) is 5.91 Å². The van der Waals surface area contributed by atoms with Gasteiger partial charge in [0, 0.05) is 37.3 Å². The molecule has 7 nitrogen and oxygen atoms in total. The van der Waals surface area contributed by atoms with E-state index < -0.39 is 5.54 Å². The molecule has 4 heterocycles. The molecule has 0 unspecified atom stereocenters. The van der Waals surface area contributed by atoms with Gasteiger partial charge in [-0.25, -0.2) is 0 Å². The van der Waals surface area contributed by atoms with Crippen molar-refractivity contribution in [2.45, 2.75) is 96.3 Å². The van der Waals surface area contributed by atoms with Crippen molar-refractivity contribution < 1.29 is 14.0 Å². The number of likely N-dealkylation sites (tertiary alicyclic amines) is 1. The first-order chi connectivity index (χ1) is 16.4. The zero-order valence-electron chi connectivity index (χ0n) is 21.0. The number of amides is 2. The highest BCUT2D eigenvalue weighted by atomic mass is 16.3. The third-order valence-corrected chi connectivity index (χ3v) is 8.66. The van der Waals surface area contributed by atoms with Gasteiger partial charge >= 0.3 is 0 Å². The van der Waals surface area contributed by atoms with Crippen LogP contribution in [-0.4, -0.2) is 63.4 Å². The van der Waals surface area contributed by atoms with Gasteiger partial charge in [0.1, 0.15) is 11.2 Å². The van der Waals surface area contributed by atoms with Crippen molar-refractivity contribution in [1.29, 1.82) is 0 Å². The molecule has 1 N–H and O–H groups in total. The second kappa shape index (κ2) is 9.40. The maximum atomic E-state index is 13.8. The van der Waals surface area contributed by atoms with E-state index in [1.807, 2.05) is 28.5 Å². The van der Waals surface area contributed by atoms with E-state index in [4.69, 9.17) is 4.42 Å². The summed E-state index contributed by atoms with van der Waals surface area (Å²) in [6, 6.07) is 4.52. The molecule has 2 fully saturated rings. The molecule has 1 saturated carbocycles. The Kier molecular flexibility index (Phi) is 6.49. The molecular weight excluding hydrogens is 428 g/mol. The summed E-state index contributed by atoms with van der Waals surface area (Å²) in [6.07, 6.45) is 10.7. The Morgan fingerprint density at radius 1 is 1.15 bits per heavy atom. The van der Waals surface area contributed by atoms with Crippen molar-refractivity contribution in [2.24, 2.45) is 5.92 Å². The standard InChI is InChI=1S/C27H40N4O3/c1-19-8-10-21(11-9-19)28-26(33)27(3)18-30-22-12-16-34-24(22)17-23(30)25(32)31(27)15-6-14-29-13-5-4-7-20(29)2/h12,16-17,19-21H,4-11,13-15,18H2,1-3H3,(H,28,33)/t19?,20-,21?,27-/m0/s1. The number of carbonyl (C=O) groups is 2. The van der Waals surface area contributed by atoms with Crippen LogP contribution in [0, 0.1) is 5.92 Å². The van der Waals surface area contributed by atoms with E-state index in [9.17, 15) is 9.59 Å². The fraction of sp³-hybridized carbons (Fsp3) is 0.704. The van der Waals surface area contributed by atoms with Crippen LogP contribution in [0.25, 0.3) is 11.1 Å². The minimum absolute atomic E-state index is 0.0252. The number of rotatable bonds is 6. The molecular formula is C27H40N4O3. The molecule has 34 heavy (non-hydrogen) atoms. The highest BCUT2D eigenvalue weighted by molar-refractivity contribution is 6.02. The average Bonchev–Trinajstić information content (AvgIpc) is 3.41. The minimum atomic E-state index is -0.927. The predicted octanol–water partition coefficient (Wildman–Crippen LogP) is 4.41. The van der Waals surface area contributed by atoms with Gasteiger partial charge in [0.05, 0.1) is 18.3 Å². The molecule has 186 valence electrons. The molecule has 1 aliphatic carbocycles. The number of nitrogens with one attached hydrogen (secondary N) is 1. The first-order valence-corrected chi connectivity index (χ1v) is 13.3. The monoisotopic (exact) mass is 468 g/mol. The van der Waals surface area contributed by atoms with Crippen molar-refractivity contribution in [3.8, 4) is 0 Å². The topological polar surface area (TPSA) is 70.7 Å². The van der Waals surface area contributed by atoms with Gasteiger partial charge in [-0.15, -0.1) is 0 Å². The summed E-state index contributed by atoms with van der Waals surface area (Å²) in [5.41, 5.74) is 1.29. The van der Waals surface area contributed by atoms with Crippen LogP contribution in [-0.2, 0) is 11.3 Å². The molecule has 2 aromatic rings. The number of carbonyl (C=O) groups excluding carboxylic acids is 2. The smallest absolute Gasteiger partial charge is 0.271 e. The number of aromatic nitrogens is 1. The average molecular weight is 469 g/mol. The maximum Gasteiger partial charge on any atom is 0.271 e. The molecule has 1 saturated heterocycles. The van der Waals surface area contributed by atoms with Crippen molar-refractivity contribution in [2.75, 3.05) is 19.6 Å². The van der Waals surface area contributed by atoms with Gasteiger partial charge in [-0.3, -0.25) is 9.59 Å². The predicted molar refractivity (Wildman–Crippen MR) is 133 cm³/mol. The van der Waals surface area contributed by atoms with E-state index in [0.29, 0.717) is 30.4 Å². The number of fused-ring (bicyclic) bond motifs is 3. The third-order valence-electron chi connectivity index (χ3n) is 8.66. The van der Waals surface area contributed by atoms with Gasteiger partial charge in [-0.2, -0.15) is 0 Å². The molecule has 7 heteroatoms.